The molecule has 102 valence electrons. The Morgan fingerprint density at radius 1 is 1.00 bits per heavy atom. The average molecular weight is 276 g/mol. The van der Waals surface area contributed by atoms with Gasteiger partial charge in [-0.1, -0.05) is 30.3 Å². The lowest BCUT2D eigenvalue weighted by molar-refractivity contribution is -0.137. The van der Waals surface area contributed by atoms with E-state index in [1.807, 2.05) is 30.3 Å². The summed E-state index contributed by atoms with van der Waals surface area (Å²) in [7, 11) is 0. The maximum Gasteiger partial charge on any atom is 0.417 e. The lowest BCUT2D eigenvalue weighted by Gasteiger charge is -2.07. The largest absolute Gasteiger partial charge is 0.417 e. The van der Waals surface area contributed by atoms with Crippen LogP contribution in [-0.4, -0.2) is 9.38 Å². The Balaban J connectivity index is 2.21. The number of rotatable bonds is 1. The molecule has 0 aliphatic carbocycles. The maximum atomic E-state index is 12.7. The van der Waals surface area contributed by atoms with E-state index in [9.17, 15) is 13.2 Å². The molecule has 0 amide bonds. The quantitative estimate of drug-likeness (QED) is 0.646. The summed E-state index contributed by atoms with van der Waals surface area (Å²) < 4.78 is 39.7. The minimum absolute atomic E-state index is 0.509. The summed E-state index contributed by atoms with van der Waals surface area (Å²) in [5.74, 6) is 0. The third kappa shape index (κ3) is 2.05. The van der Waals surface area contributed by atoms with Crippen molar-refractivity contribution in [2.24, 2.45) is 0 Å². The van der Waals surface area contributed by atoms with Crippen LogP contribution in [0.4, 0.5) is 13.2 Å². The summed E-state index contributed by atoms with van der Waals surface area (Å²) in [5.41, 5.74) is 2.11. The van der Waals surface area contributed by atoms with Crippen molar-refractivity contribution < 1.29 is 13.2 Å². The molecule has 3 rings (SSSR count). The molecule has 5 heteroatoms. The molecule has 0 radical (unpaired) electrons. The summed E-state index contributed by atoms with van der Waals surface area (Å²) in [5, 5.41) is 0. The van der Waals surface area contributed by atoms with Gasteiger partial charge >= 0.3 is 6.18 Å². The van der Waals surface area contributed by atoms with Crippen molar-refractivity contribution in [2.45, 2.75) is 13.1 Å². The van der Waals surface area contributed by atoms with Gasteiger partial charge in [-0.15, -0.1) is 0 Å². The van der Waals surface area contributed by atoms with Crippen LogP contribution < -0.4 is 0 Å². The minimum atomic E-state index is -4.35. The van der Waals surface area contributed by atoms with Crippen LogP contribution in [0.5, 0.6) is 0 Å². The second-order valence-corrected chi connectivity index (χ2v) is 4.56. The number of aryl methyl sites for hydroxylation is 1. The Hall–Kier alpha value is -2.30. The Kier molecular flexibility index (Phi) is 2.78. The number of imidazole rings is 1. The molecule has 2 nitrogen and oxygen atoms in total. The van der Waals surface area contributed by atoms with E-state index in [4.69, 9.17) is 0 Å². The number of hydrogen-bond donors (Lipinski definition) is 0. The van der Waals surface area contributed by atoms with Crippen LogP contribution in [0.25, 0.3) is 16.9 Å². The Morgan fingerprint density at radius 3 is 2.35 bits per heavy atom. The number of alkyl halides is 3. The number of benzene rings is 1. The predicted molar refractivity (Wildman–Crippen MR) is 70.4 cm³/mol. The van der Waals surface area contributed by atoms with Crippen molar-refractivity contribution in [1.29, 1.82) is 0 Å². The molecule has 0 atom stereocenters. The third-order valence-corrected chi connectivity index (χ3v) is 3.23. The molecule has 3 aromatic rings. The van der Waals surface area contributed by atoms with E-state index in [1.165, 1.54) is 10.5 Å². The monoisotopic (exact) mass is 276 g/mol. The highest BCUT2D eigenvalue weighted by Crippen LogP contribution is 2.31. The predicted octanol–water partition coefficient (Wildman–Crippen LogP) is 4.33. The minimum Gasteiger partial charge on any atom is -0.303 e. The summed E-state index contributed by atoms with van der Waals surface area (Å²) >= 11 is 0. The zero-order valence-electron chi connectivity index (χ0n) is 10.6. The fraction of sp³-hybridized carbons (Fsp3) is 0.133. The van der Waals surface area contributed by atoms with Crippen molar-refractivity contribution in [1.82, 2.24) is 9.38 Å². The smallest absolute Gasteiger partial charge is 0.303 e. The number of nitrogens with zero attached hydrogens (tertiary/aromatic N) is 2. The SMILES string of the molecule is Cc1c(-c2ccccc2)nc2ccc(C(F)(F)F)cn12. The van der Waals surface area contributed by atoms with Crippen LogP contribution in [0.1, 0.15) is 11.3 Å². The van der Waals surface area contributed by atoms with E-state index < -0.39 is 11.7 Å². The molecule has 0 saturated heterocycles. The van der Waals surface area contributed by atoms with Gasteiger partial charge in [-0.2, -0.15) is 13.2 Å². The van der Waals surface area contributed by atoms with Crippen LogP contribution in [0.2, 0.25) is 0 Å². The van der Waals surface area contributed by atoms with E-state index in [0.29, 0.717) is 17.0 Å². The summed E-state index contributed by atoms with van der Waals surface area (Å²) in [4.78, 5) is 4.40. The second kappa shape index (κ2) is 4.37. The second-order valence-electron chi connectivity index (χ2n) is 4.56. The molecular formula is C15H11F3N2. The van der Waals surface area contributed by atoms with Gasteiger partial charge in [0.1, 0.15) is 5.65 Å². The van der Waals surface area contributed by atoms with Crippen molar-refractivity contribution in [3.63, 3.8) is 0 Å². The van der Waals surface area contributed by atoms with Gasteiger partial charge in [0.05, 0.1) is 11.3 Å². The Morgan fingerprint density at radius 2 is 1.70 bits per heavy atom. The van der Waals surface area contributed by atoms with Crippen LogP contribution in [0.15, 0.2) is 48.7 Å². The zero-order chi connectivity index (χ0) is 14.3. The highest BCUT2D eigenvalue weighted by molar-refractivity contribution is 5.66. The van der Waals surface area contributed by atoms with E-state index >= 15 is 0 Å². The first-order valence-corrected chi connectivity index (χ1v) is 6.08. The van der Waals surface area contributed by atoms with Crippen molar-refractivity contribution in [2.75, 3.05) is 0 Å². The molecule has 0 aliphatic heterocycles. The third-order valence-electron chi connectivity index (χ3n) is 3.23. The summed E-state index contributed by atoms with van der Waals surface area (Å²) in [6, 6.07) is 11.9. The number of aromatic nitrogens is 2. The lowest BCUT2D eigenvalue weighted by Crippen LogP contribution is -2.06. The topological polar surface area (TPSA) is 17.3 Å². The number of fused-ring (bicyclic) bond motifs is 1. The highest BCUT2D eigenvalue weighted by Gasteiger charge is 2.31. The Bertz CT molecular complexity index is 758. The van der Waals surface area contributed by atoms with Crippen LogP contribution in [0, 0.1) is 6.92 Å². The van der Waals surface area contributed by atoms with Gasteiger partial charge in [0.15, 0.2) is 0 Å². The molecule has 1 aromatic carbocycles. The first kappa shape index (κ1) is 12.7. The van der Waals surface area contributed by atoms with Gasteiger partial charge in [0, 0.05) is 17.5 Å². The van der Waals surface area contributed by atoms with Gasteiger partial charge in [-0.05, 0) is 19.1 Å². The van der Waals surface area contributed by atoms with Crippen molar-refractivity contribution in [3.05, 3.63) is 59.9 Å². The summed E-state index contributed by atoms with van der Waals surface area (Å²) in [6.07, 6.45) is -3.26. The van der Waals surface area contributed by atoms with E-state index in [1.54, 1.807) is 6.92 Å². The molecule has 2 heterocycles. The molecular weight excluding hydrogens is 265 g/mol. The molecule has 0 fully saturated rings. The van der Waals surface area contributed by atoms with Gasteiger partial charge in [0.25, 0.3) is 0 Å². The first-order chi connectivity index (χ1) is 9.47. The normalized spacial score (nSPS) is 12.0. The summed E-state index contributed by atoms with van der Waals surface area (Å²) in [6.45, 7) is 1.77. The van der Waals surface area contributed by atoms with Crippen molar-refractivity contribution in [3.8, 4) is 11.3 Å². The van der Waals surface area contributed by atoms with Gasteiger partial charge in [0.2, 0.25) is 0 Å². The molecule has 0 N–H and O–H groups in total. The van der Waals surface area contributed by atoms with Crippen LogP contribution >= 0.6 is 0 Å². The average Bonchev–Trinajstić information content (AvgIpc) is 2.76. The van der Waals surface area contributed by atoms with Crippen LogP contribution in [0.3, 0.4) is 0 Å². The molecule has 2 aromatic heterocycles. The van der Waals surface area contributed by atoms with Gasteiger partial charge in [-0.3, -0.25) is 0 Å². The van der Waals surface area contributed by atoms with E-state index in [0.717, 1.165) is 17.8 Å². The Labute approximate surface area is 113 Å². The fourth-order valence-electron chi connectivity index (χ4n) is 2.20. The molecule has 0 unspecified atom stereocenters. The van der Waals surface area contributed by atoms with Gasteiger partial charge in [-0.25, -0.2) is 4.98 Å². The van der Waals surface area contributed by atoms with E-state index in [2.05, 4.69) is 4.98 Å². The number of pyridine rings is 1. The molecule has 20 heavy (non-hydrogen) atoms. The fourth-order valence-corrected chi connectivity index (χ4v) is 2.20. The number of halogens is 3. The number of hydrogen-bond acceptors (Lipinski definition) is 1. The standard InChI is InChI=1S/C15H11F3N2/c1-10-14(11-5-3-2-4-6-11)19-13-8-7-12(9-20(10)13)15(16,17)18/h2-9H,1H3. The molecule has 0 saturated carbocycles. The van der Waals surface area contributed by atoms with Crippen molar-refractivity contribution >= 4 is 5.65 Å². The maximum absolute atomic E-state index is 12.7. The zero-order valence-corrected chi connectivity index (χ0v) is 10.6. The molecule has 0 aliphatic rings. The highest BCUT2D eigenvalue weighted by atomic mass is 19.4. The van der Waals surface area contributed by atoms with Crippen LogP contribution in [-0.2, 0) is 6.18 Å². The van der Waals surface area contributed by atoms with E-state index in [-0.39, 0.29) is 0 Å². The van der Waals surface area contributed by atoms with Gasteiger partial charge < -0.3 is 4.40 Å². The lowest BCUT2D eigenvalue weighted by atomic mass is 10.1. The molecule has 0 spiro atoms. The first-order valence-electron chi connectivity index (χ1n) is 6.08. The molecule has 0 bridgehead atoms.